The van der Waals surface area contributed by atoms with Gasteiger partial charge < -0.3 is 19.3 Å². The quantitative estimate of drug-likeness (QED) is 0.438. The lowest BCUT2D eigenvalue weighted by Gasteiger charge is -2.13. The Morgan fingerprint density at radius 2 is 1.72 bits per heavy atom. The molecular formula is C25H23NO6. The Balaban J connectivity index is 1.81. The molecule has 1 atom stereocenters. The number of carboxylic acid groups (broad SMARTS) is 1. The maximum absolute atomic E-state index is 12.6. The van der Waals surface area contributed by atoms with Crippen LogP contribution in [0.4, 0.5) is 0 Å². The Labute approximate surface area is 183 Å². The third kappa shape index (κ3) is 3.77. The first kappa shape index (κ1) is 21.4. The second kappa shape index (κ2) is 8.34. The summed E-state index contributed by atoms with van der Waals surface area (Å²) in [4.78, 5) is 36.2. The zero-order chi connectivity index (χ0) is 23.0. The van der Waals surface area contributed by atoms with Crippen LogP contribution in [0.25, 0.3) is 33.1 Å². The van der Waals surface area contributed by atoms with Crippen molar-refractivity contribution in [2.45, 2.75) is 39.7 Å². The monoisotopic (exact) mass is 433 g/mol. The zero-order valence-corrected chi connectivity index (χ0v) is 18.0. The molecule has 0 fully saturated rings. The SMILES string of the molecule is CC[C@@H](NC(=O)Cc1c(C)c2cc3c(-c4ccccc4)c(C)oc3cc2oc1=O)C(=O)O. The first-order valence-electron chi connectivity index (χ1n) is 10.4. The number of benzene rings is 2. The lowest BCUT2D eigenvalue weighted by molar-refractivity contribution is -0.141. The van der Waals surface area contributed by atoms with Crippen molar-refractivity contribution in [2.24, 2.45) is 0 Å². The van der Waals surface area contributed by atoms with Gasteiger partial charge in [-0.2, -0.15) is 0 Å². The predicted octanol–water partition coefficient (Wildman–Crippen LogP) is 4.34. The van der Waals surface area contributed by atoms with E-state index in [1.165, 1.54) is 0 Å². The van der Waals surface area contributed by atoms with Crippen LogP contribution in [0.1, 0.15) is 30.2 Å². The molecule has 0 unspecified atom stereocenters. The molecule has 0 aliphatic carbocycles. The van der Waals surface area contributed by atoms with Crippen LogP contribution in [0.3, 0.4) is 0 Å². The number of aryl methyl sites for hydroxylation is 2. The Morgan fingerprint density at radius 1 is 1.03 bits per heavy atom. The number of carboxylic acids is 1. The molecule has 0 saturated carbocycles. The van der Waals surface area contributed by atoms with E-state index in [2.05, 4.69) is 5.32 Å². The minimum Gasteiger partial charge on any atom is -0.480 e. The Hall–Kier alpha value is -3.87. The molecule has 0 aliphatic rings. The van der Waals surface area contributed by atoms with Gasteiger partial charge in [0.15, 0.2) is 0 Å². The fourth-order valence-corrected chi connectivity index (χ4v) is 4.01. The fraction of sp³-hybridized carbons (Fsp3) is 0.240. The second-order valence-corrected chi connectivity index (χ2v) is 7.78. The molecule has 1 amide bonds. The number of rotatable bonds is 6. The minimum absolute atomic E-state index is 0.205. The van der Waals surface area contributed by atoms with Gasteiger partial charge >= 0.3 is 11.6 Å². The van der Waals surface area contributed by atoms with Gasteiger partial charge in [0, 0.05) is 22.4 Å². The number of carbonyl (C=O) groups excluding carboxylic acids is 1. The third-order valence-electron chi connectivity index (χ3n) is 5.71. The second-order valence-electron chi connectivity index (χ2n) is 7.78. The van der Waals surface area contributed by atoms with Crippen LogP contribution in [-0.2, 0) is 16.0 Å². The number of aliphatic carboxylic acids is 1. The summed E-state index contributed by atoms with van der Waals surface area (Å²) in [7, 11) is 0. The molecule has 0 aliphatic heterocycles. The lowest BCUT2D eigenvalue weighted by Crippen LogP contribution is -2.41. The van der Waals surface area contributed by atoms with E-state index < -0.39 is 23.5 Å². The molecule has 2 heterocycles. The summed E-state index contributed by atoms with van der Waals surface area (Å²) in [6, 6.07) is 12.5. The number of hydrogen-bond donors (Lipinski definition) is 2. The topological polar surface area (TPSA) is 110 Å². The molecule has 0 radical (unpaired) electrons. The first-order chi connectivity index (χ1) is 15.3. The zero-order valence-electron chi connectivity index (χ0n) is 18.0. The Kier molecular flexibility index (Phi) is 5.57. The van der Waals surface area contributed by atoms with Crippen molar-refractivity contribution >= 4 is 33.8 Å². The highest BCUT2D eigenvalue weighted by Crippen LogP contribution is 2.37. The van der Waals surface area contributed by atoms with Crippen molar-refractivity contribution < 1.29 is 23.5 Å². The fourth-order valence-electron chi connectivity index (χ4n) is 4.01. The van der Waals surface area contributed by atoms with E-state index in [0.717, 1.165) is 22.3 Å². The van der Waals surface area contributed by atoms with Gasteiger partial charge in [0.05, 0.1) is 12.0 Å². The molecule has 2 aromatic carbocycles. The van der Waals surface area contributed by atoms with Gasteiger partial charge in [0.2, 0.25) is 5.91 Å². The van der Waals surface area contributed by atoms with Crippen molar-refractivity contribution in [3.8, 4) is 11.1 Å². The summed E-state index contributed by atoms with van der Waals surface area (Å²) in [5, 5.41) is 13.2. The lowest BCUT2D eigenvalue weighted by atomic mass is 9.98. The molecule has 7 heteroatoms. The Bertz CT molecular complexity index is 1400. The summed E-state index contributed by atoms with van der Waals surface area (Å²) in [5.41, 5.74) is 3.14. The van der Waals surface area contributed by atoms with E-state index in [1.54, 1.807) is 19.9 Å². The first-order valence-corrected chi connectivity index (χ1v) is 10.4. The molecule has 0 saturated heterocycles. The van der Waals surface area contributed by atoms with Gasteiger partial charge in [-0.3, -0.25) is 4.79 Å². The minimum atomic E-state index is -1.12. The molecule has 7 nitrogen and oxygen atoms in total. The highest BCUT2D eigenvalue weighted by molar-refractivity contribution is 6.03. The van der Waals surface area contributed by atoms with E-state index in [9.17, 15) is 14.4 Å². The molecule has 0 bridgehead atoms. The van der Waals surface area contributed by atoms with Crippen LogP contribution < -0.4 is 10.9 Å². The van der Waals surface area contributed by atoms with Crippen LogP contribution in [0, 0.1) is 13.8 Å². The third-order valence-corrected chi connectivity index (χ3v) is 5.71. The summed E-state index contributed by atoms with van der Waals surface area (Å²) in [6.07, 6.45) is -0.0195. The van der Waals surface area contributed by atoms with Crippen molar-refractivity contribution in [3.05, 3.63) is 69.8 Å². The predicted molar refractivity (Wildman–Crippen MR) is 121 cm³/mol. The highest BCUT2D eigenvalue weighted by Gasteiger charge is 2.22. The van der Waals surface area contributed by atoms with Gasteiger partial charge in [-0.25, -0.2) is 9.59 Å². The van der Waals surface area contributed by atoms with Crippen LogP contribution in [0.5, 0.6) is 0 Å². The van der Waals surface area contributed by atoms with E-state index in [1.807, 2.05) is 43.3 Å². The van der Waals surface area contributed by atoms with Crippen LogP contribution >= 0.6 is 0 Å². The van der Waals surface area contributed by atoms with Crippen LogP contribution in [-0.4, -0.2) is 23.0 Å². The van der Waals surface area contributed by atoms with Crippen molar-refractivity contribution in [1.29, 1.82) is 0 Å². The maximum atomic E-state index is 12.6. The molecule has 4 aromatic rings. The number of furan rings is 1. The average Bonchev–Trinajstić information content (AvgIpc) is 3.08. The molecule has 2 N–H and O–H groups in total. The maximum Gasteiger partial charge on any atom is 0.340 e. The number of fused-ring (bicyclic) bond motifs is 2. The average molecular weight is 433 g/mol. The number of nitrogens with one attached hydrogen (secondary N) is 1. The molecule has 164 valence electrons. The van der Waals surface area contributed by atoms with E-state index >= 15 is 0 Å². The van der Waals surface area contributed by atoms with Gasteiger partial charge in [0.25, 0.3) is 0 Å². The van der Waals surface area contributed by atoms with Crippen LogP contribution in [0.15, 0.2) is 56.1 Å². The highest BCUT2D eigenvalue weighted by atomic mass is 16.4. The molecular weight excluding hydrogens is 410 g/mol. The number of carbonyl (C=O) groups is 2. The van der Waals surface area contributed by atoms with Crippen molar-refractivity contribution in [2.75, 3.05) is 0 Å². The van der Waals surface area contributed by atoms with Gasteiger partial charge in [-0.15, -0.1) is 0 Å². The standard InChI is InChI=1S/C25H23NO6/c1-4-19(24(28)29)26-22(27)11-17-13(2)16-10-18-21(12-20(16)32-25(17)30)31-14(3)23(18)15-8-6-5-7-9-15/h5-10,12,19H,4,11H2,1-3H3,(H,26,27)(H,28,29)/t19-/m1/s1. The summed E-state index contributed by atoms with van der Waals surface area (Å²) in [5.74, 6) is -0.908. The molecule has 32 heavy (non-hydrogen) atoms. The summed E-state index contributed by atoms with van der Waals surface area (Å²) in [6.45, 7) is 5.31. The summed E-state index contributed by atoms with van der Waals surface area (Å²) < 4.78 is 11.4. The molecule has 2 aromatic heterocycles. The van der Waals surface area contributed by atoms with E-state index in [0.29, 0.717) is 22.1 Å². The van der Waals surface area contributed by atoms with Gasteiger partial charge in [-0.1, -0.05) is 37.3 Å². The summed E-state index contributed by atoms with van der Waals surface area (Å²) >= 11 is 0. The normalized spacial score (nSPS) is 12.2. The van der Waals surface area contributed by atoms with E-state index in [4.69, 9.17) is 13.9 Å². The van der Waals surface area contributed by atoms with Gasteiger partial charge in [-0.05, 0) is 37.5 Å². The number of amides is 1. The van der Waals surface area contributed by atoms with Crippen molar-refractivity contribution in [1.82, 2.24) is 5.32 Å². The number of hydrogen-bond acceptors (Lipinski definition) is 5. The van der Waals surface area contributed by atoms with E-state index in [-0.39, 0.29) is 18.4 Å². The largest absolute Gasteiger partial charge is 0.480 e. The van der Waals surface area contributed by atoms with Crippen LogP contribution in [0.2, 0.25) is 0 Å². The van der Waals surface area contributed by atoms with Gasteiger partial charge in [0.1, 0.15) is 23.0 Å². The Morgan fingerprint density at radius 3 is 2.38 bits per heavy atom. The molecule has 4 rings (SSSR count). The van der Waals surface area contributed by atoms with Crippen molar-refractivity contribution in [3.63, 3.8) is 0 Å². The smallest absolute Gasteiger partial charge is 0.340 e. The molecule has 0 spiro atoms.